The highest BCUT2D eigenvalue weighted by Crippen LogP contribution is 2.44. The summed E-state index contributed by atoms with van der Waals surface area (Å²) in [5, 5.41) is 12.3. The van der Waals surface area contributed by atoms with Crippen LogP contribution in [0.15, 0.2) is 48.5 Å². The fourth-order valence-corrected chi connectivity index (χ4v) is 5.12. The number of amides is 2. The van der Waals surface area contributed by atoms with Crippen LogP contribution in [0, 0.1) is 11.3 Å². The second-order valence-corrected chi connectivity index (χ2v) is 9.60. The summed E-state index contributed by atoms with van der Waals surface area (Å²) in [5.74, 6) is -1.19. The second-order valence-electron chi connectivity index (χ2n) is 9.60. The number of methoxy groups -OCH3 is 1. The molecule has 0 aromatic heterocycles. The minimum atomic E-state index is -1.05. The second kappa shape index (κ2) is 10.5. The Labute approximate surface area is 205 Å². The fraction of sp³-hybridized carbons (Fsp3) is 0.444. The molecule has 2 N–H and O–H groups in total. The van der Waals surface area contributed by atoms with Crippen LogP contribution in [-0.2, 0) is 19.1 Å². The number of carbonyl (C=O) groups is 3. The fourth-order valence-electron chi connectivity index (χ4n) is 5.12. The average Bonchev–Trinajstić information content (AvgIpc) is 3.42. The van der Waals surface area contributed by atoms with E-state index in [-0.39, 0.29) is 43.9 Å². The number of hydrogen-bond donors (Lipinski definition) is 2. The third kappa shape index (κ3) is 5.17. The number of carbonyl (C=O) groups excluding carboxylic acids is 2. The van der Waals surface area contributed by atoms with Crippen molar-refractivity contribution in [1.29, 1.82) is 0 Å². The molecule has 2 aromatic carbocycles. The summed E-state index contributed by atoms with van der Waals surface area (Å²) >= 11 is 0. The summed E-state index contributed by atoms with van der Waals surface area (Å²) in [6, 6.07) is 16.3. The first-order valence-electron chi connectivity index (χ1n) is 11.9. The number of hydrogen-bond acceptors (Lipinski definition) is 5. The van der Waals surface area contributed by atoms with Crippen molar-refractivity contribution >= 4 is 18.0 Å². The molecule has 35 heavy (non-hydrogen) atoms. The van der Waals surface area contributed by atoms with Gasteiger partial charge in [0.15, 0.2) is 0 Å². The molecule has 4 rings (SSSR count). The molecule has 0 bridgehead atoms. The van der Waals surface area contributed by atoms with Crippen LogP contribution in [0.25, 0.3) is 11.1 Å². The molecule has 2 atom stereocenters. The van der Waals surface area contributed by atoms with E-state index in [4.69, 9.17) is 9.47 Å². The number of aliphatic carboxylic acids is 1. The lowest BCUT2D eigenvalue weighted by Gasteiger charge is -2.24. The lowest BCUT2D eigenvalue weighted by Crippen LogP contribution is -2.40. The zero-order valence-corrected chi connectivity index (χ0v) is 20.2. The number of fused-ring (bicyclic) bond motifs is 3. The Hall–Kier alpha value is -3.39. The number of benzene rings is 2. The number of carboxylic acids is 1. The van der Waals surface area contributed by atoms with Crippen LogP contribution in [0.4, 0.5) is 4.79 Å². The first-order chi connectivity index (χ1) is 16.8. The first-order valence-corrected chi connectivity index (χ1v) is 11.9. The molecule has 8 nitrogen and oxygen atoms in total. The van der Waals surface area contributed by atoms with Crippen LogP contribution < -0.4 is 5.32 Å². The lowest BCUT2D eigenvalue weighted by atomic mass is 9.88. The Bertz CT molecular complexity index is 1060. The van der Waals surface area contributed by atoms with Gasteiger partial charge in [-0.25, -0.2) is 4.79 Å². The number of nitrogens with zero attached hydrogens (tertiary/aromatic N) is 1. The van der Waals surface area contributed by atoms with E-state index in [1.807, 2.05) is 31.2 Å². The highest BCUT2D eigenvalue weighted by molar-refractivity contribution is 5.81. The van der Waals surface area contributed by atoms with E-state index >= 15 is 0 Å². The highest BCUT2D eigenvalue weighted by Gasteiger charge is 2.46. The smallest absolute Gasteiger partial charge is 0.407 e. The van der Waals surface area contributed by atoms with Gasteiger partial charge in [0.1, 0.15) is 12.0 Å². The predicted molar refractivity (Wildman–Crippen MR) is 130 cm³/mol. The topological polar surface area (TPSA) is 105 Å². The Kier molecular flexibility index (Phi) is 7.40. The normalized spacial score (nSPS) is 19.7. The molecule has 2 amide bonds. The van der Waals surface area contributed by atoms with Crippen molar-refractivity contribution in [2.75, 3.05) is 40.0 Å². The maximum Gasteiger partial charge on any atom is 0.407 e. The zero-order valence-electron chi connectivity index (χ0n) is 20.2. The predicted octanol–water partition coefficient (Wildman–Crippen LogP) is 3.50. The molecule has 1 aliphatic heterocycles. The summed E-state index contributed by atoms with van der Waals surface area (Å²) in [7, 11) is 1.46. The van der Waals surface area contributed by atoms with Crippen molar-refractivity contribution in [2.24, 2.45) is 11.3 Å². The molecule has 1 heterocycles. The maximum atomic E-state index is 12.7. The molecule has 2 unspecified atom stereocenters. The molecule has 8 heteroatoms. The number of rotatable bonds is 9. The van der Waals surface area contributed by atoms with Gasteiger partial charge in [-0.3, -0.25) is 9.59 Å². The standard InChI is InChI=1S/C27H32N2O6/c1-18(13-24(30)29-12-11-27(16-29,17-34-2)25(31)32)14-28-26(33)35-15-23-21-9-5-3-7-19(21)20-8-4-6-10-22(20)23/h3-10,18,23H,11-17H2,1-2H3,(H,28,33)(H,31,32). The average molecular weight is 481 g/mol. The molecule has 1 saturated heterocycles. The number of likely N-dealkylation sites (tertiary alicyclic amines) is 1. The van der Waals surface area contributed by atoms with Crippen LogP contribution in [0.5, 0.6) is 0 Å². The Morgan fingerprint density at radius 3 is 2.34 bits per heavy atom. The van der Waals surface area contributed by atoms with Gasteiger partial charge in [0.05, 0.1) is 6.61 Å². The third-order valence-electron chi connectivity index (χ3n) is 7.04. The third-order valence-corrected chi connectivity index (χ3v) is 7.04. The van der Waals surface area contributed by atoms with Gasteiger partial charge in [-0.2, -0.15) is 0 Å². The van der Waals surface area contributed by atoms with Crippen LogP contribution in [-0.4, -0.2) is 67.9 Å². The largest absolute Gasteiger partial charge is 0.481 e. The van der Waals surface area contributed by atoms with Gasteiger partial charge in [-0.1, -0.05) is 55.5 Å². The van der Waals surface area contributed by atoms with Crippen molar-refractivity contribution in [3.8, 4) is 11.1 Å². The number of carboxylic acid groups (broad SMARTS) is 1. The molecule has 2 aromatic rings. The number of nitrogens with one attached hydrogen (secondary N) is 1. The summed E-state index contributed by atoms with van der Waals surface area (Å²) in [6.07, 6.45) is 0.0676. The highest BCUT2D eigenvalue weighted by atomic mass is 16.5. The summed E-state index contributed by atoms with van der Waals surface area (Å²) in [4.78, 5) is 38.4. The van der Waals surface area contributed by atoms with E-state index in [0.717, 1.165) is 11.1 Å². The van der Waals surface area contributed by atoms with Gasteiger partial charge in [0, 0.05) is 39.1 Å². The van der Waals surface area contributed by atoms with Crippen LogP contribution in [0.2, 0.25) is 0 Å². The van der Waals surface area contributed by atoms with Crippen LogP contribution >= 0.6 is 0 Å². The van der Waals surface area contributed by atoms with Gasteiger partial charge in [-0.05, 0) is 34.6 Å². The van der Waals surface area contributed by atoms with Crippen molar-refractivity contribution < 1.29 is 29.0 Å². The van der Waals surface area contributed by atoms with E-state index < -0.39 is 17.5 Å². The maximum absolute atomic E-state index is 12.7. The van der Waals surface area contributed by atoms with Crippen LogP contribution in [0.3, 0.4) is 0 Å². The van der Waals surface area contributed by atoms with Gasteiger partial charge in [0.2, 0.25) is 5.91 Å². The molecule has 2 aliphatic rings. The molecule has 186 valence electrons. The summed E-state index contributed by atoms with van der Waals surface area (Å²) < 4.78 is 10.6. The van der Waals surface area contributed by atoms with E-state index in [1.165, 1.54) is 18.2 Å². The monoisotopic (exact) mass is 480 g/mol. The molecular formula is C27H32N2O6. The van der Waals surface area contributed by atoms with Crippen molar-refractivity contribution in [3.63, 3.8) is 0 Å². The van der Waals surface area contributed by atoms with E-state index in [1.54, 1.807) is 4.90 Å². The van der Waals surface area contributed by atoms with Crippen molar-refractivity contribution in [3.05, 3.63) is 59.7 Å². The minimum absolute atomic E-state index is 0.0103. The van der Waals surface area contributed by atoms with Gasteiger partial charge in [0.25, 0.3) is 0 Å². The van der Waals surface area contributed by atoms with Crippen molar-refractivity contribution in [2.45, 2.75) is 25.7 Å². The van der Waals surface area contributed by atoms with E-state index in [9.17, 15) is 19.5 Å². The molecule has 1 aliphatic carbocycles. The molecular weight excluding hydrogens is 448 g/mol. The summed E-state index contributed by atoms with van der Waals surface area (Å²) in [6.45, 7) is 3.00. The number of alkyl carbamates (subject to hydrolysis) is 1. The van der Waals surface area contributed by atoms with Gasteiger partial charge >= 0.3 is 12.1 Å². The van der Waals surface area contributed by atoms with Gasteiger partial charge in [-0.15, -0.1) is 0 Å². The molecule has 1 fully saturated rings. The number of ether oxygens (including phenoxy) is 2. The molecule has 0 saturated carbocycles. The van der Waals surface area contributed by atoms with Crippen LogP contribution in [0.1, 0.15) is 36.8 Å². The van der Waals surface area contributed by atoms with E-state index in [0.29, 0.717) is 19.5 Å². The lowest BCUT2D eigenvalue weighted by molar-refractivity contribution is -0.151. The summed E-state index contributed by atoms with van der Waals surface area (Å²) in [5.41, 5.74) is 3.59. The molecule has 0 spiro atoms. The minimum Gasteiger partial charge on any atom is -0.481 e. The Balaban J connectivity index is 1.25. The SMILES string of the molecule is COCC1(C(=O)O)CCN(C(=O)CC(C)CNC(=O)OCC2c3ccccc3-c3ccccc32)C1. The Morgan fingerprint density at radius 1 is 1.11 bits per heavy atom. The quantitative estimate of drug-likeness (QED) is 0.569. The van der Waals surface area contributed by atoms with E-state index in [2.05, 4.69) is 29.6 Å². The van der Waals surface area contributed by atoms with Crippen molar-refractivity contribution in [1.82, 2.24) is 10.2 Å². The van der Waals surface area contributed by atoms with Gasteiger partial charge < -0.3 is 24.8 Å². The Morgan fingerprint density at radius 2 is 1.74 bits per heavy atom. The zero-order chi connectivity index (χ0) is 25.0. The first kappa shape index (κ1) is 24.7. The molecule has 0 radical (unpaired) electrons.